The van der Waals surface area contributed by atoms with Crippen molar-refractivity contribution in [1.82, 2.24) is 14.3 Å². The lowest BCUT2D eigenvalue weighted by Crippen LogP contribution is -2.39. The van der Waals surface area contributed by atoms with E-state index in [1.807, 2.05) is 6.92 Å². The number of Topliss-reactive ketones (excluding diaryl/α,β-unsaturated/α-hetero) is 1. The summed E-state index contributed by atoms with van der Waals surface area (Å²) in [4.78, 5) is 20.2. The van der Waals surface area contributed by atoms with Crippen LogP contribution in [0.1, 0.15) is 35.4 Å². The molecule has 1 atom stereocenters. The van der Waals surface area contributed by atoms with Gasteiger partial charge in [0, 0.05) is 25.7 Å². The average Bonchev–Trinajstić information content (AvgIpc) is 2.38. The molecule has 1 fully saturated rings. The van der Waals surface area contributed by atoms with E-state index in [4.69, 9.17) is 0 Å². The lowest BCUT2D eigenvalue weighted by atomic mass is 9.93. The third-order valence-corrected chi connectivity index (χ3v) is 4.76. The van der Waals surface area contributed by atoms with Gasteiger partial charge in [-0.2, -0.15) is 0 Å². The van der Waals surface area contributed by atoms with Crippen LogP contribution < -0.4 is 0 Å². The highest BCUT2D eigenvalue weighted by Gasteiger charge is 2.27. The molecule has 1 unspecified atom stereocenters. The van der Waals surface area contributed by atoms with E-state index in [2.05, 4.69) is 9.97 Å². The first-order valence-corrected chi connectivity index (χ1v) is 8.48. The van der Waals surface area contributed by atoms with Gasteiger partial charge in [0.2, 0.25) is 10.0 Å². The van der Waals surface area contributed by atoms with Crippen LogP contribution in [0.15, 0.2) is 12.4 Å². The fraction of sp³-hybridized carbons (Fsp3) is 0.615. The molecule has 1 aromatic heterocycles. The molecule has 0 N–H and O–H groups in total. The minimum absolute atomic E-state index is 0.0640. The summed E-state index contributed by atoms with van der Waals surface area (Å²) in [6, 6.07) is 0. The van der Waals surface area contributed by atoms with Gasteiger partial charge in [-0.3, -0.25) is 9.78 Å². The van der Waals surface area contributed by atoms with Gasteiger partial charge in [0.1, 0.15) is 5.69 Å². The second-order valence-electron chi connectivity index (χ2n) is 5.30. The smallest absolute Gasteiger partial charge is 0.211 e. The SMILES string of the molecule is Cc1cnc(C(=O)CC2CCCN(S(C)(=O)=O)C2)cn1. The Bertz CT molecular complexity index is 583. The van der Waals surface area contributed by atoms with Gasteiger partial charge in [0.25, 0.3) is 0 Å². The Kier molecular flexibility index (Phi) is 4.49. The van der Waals surface area contributed by atoms with Crippen molar-refractivity contribution in [2.75, 3.05) is 19.3 Å². The summed E-state index contributed by atoms with van der Waals surface area (Å²) in [5.41, 5.74) is 1.12. The van der Waals surface area contributed by atoms with Crippen molar-refractivity contribution in [3.05, 3.63) is 23.8 Å². The minimum Gasteiger partial charge on any atom is -0.292 e. The number of carbonyl (C=O) groups excluding carboxylic acids is 1. The largest absolute Gasteiger partial charge is 0.292 e. The molecule has 0 radical (unpaired) electrons. The van der Waals surface area contributed by atoms with Gasteiger partial charge in [-0.05, 0) is 25.7 Å². The second kappa shape index (κ2) is 5.97. The van der Waals surface area contributed by atoms with Crippen molar-refractivity contribution in [2.45, 2.75) is 26.2 Å². The van der Waals surface area contributed by atoms with Crippen molar-refractivity contribution in [3.8, 4) is 0 Å². The van der Waals surface area contributed by atoms with Crippen LogP contribution in [-0.2, 0) is 10.0 Å². The Morgan fingerprint density at radius 3 is 2.75 bits per heavy atom. The fourth-order valence-corrected chi connectivity index (χ4v) is 3.34. The number of ketones is 1. The molecule has 0 saturated carbocycles. The lowest BCUT2D eigenvalue weighted by Gasteiger charge is -2.30. The van der Waals surface area contributed by atoms with Crippen molar-refractivity contribution >= 4 is 15.8 Å². The summed E-state index contributed by atoms with van der Waals surface area (Å²) in [6.45, 7) is 2.78. The maximum Gasteiger partial charge on any atom is 0.211 e. The predicted molar refractivity (Wildman–Crippen MR) is 74.9 cm³/mol. The zero-order valence-corrected chi connectivity index (χ0v) is 12.6. The van der Waals surface area contributed by atoms with Crippen LogP contribution in [0, 0.1) is 12.8 Å². The van der Waals surface area contributed by atoms with Crippen molar-refractivity contribution in [3.63, 3.8) is 0 Å². The number of sulfonamides is 1. The monoisotopic (exact) mass is 297 g/mol. The molecule has 110 valence electrons. The molecule has 2 heterocycles. The van der Waals surface area contributed by atoms with Crippen LogP contribution in [0.2, 0.25) is 0 Å². The highest BCUT2D eigenvalue weighted by atomic mass is 32.2. The predicted octanol–water partition coefficient (Wildman–Crippen LogP) is 1.03. The van der Waals surface area contributed by atoms with Gasteiger partial charge in [-0.1, -0.05) is 0 Å². The summed E-state index contributed by atoms with van der Waals surface area (Å²) in [6.07, 6.45) is 6.25. The van der Waals surface area contributed by atoms with Crippen LogP contribution in [-0.4, -0.2) is 47.8 Å². The highest BCUT2D eigenvalue weighted by Crippen LogP contribution is 2.22. The molecule has 1 aromatic rings. The molecule has 2 rings (SSSR count). The standard InChI is InChI=1S/C13H19N3O3S/c1-10-7-15-12(8-14-10)13(17)6-11-4-3-5-16(9-11)20(2,18)19/h7-8,11H,3-6,9H2,1-2H3. The van der Waals surface area contributed by atoms with Crippen LogP contribution in [0.25, 0.3) is 0 Å². The number of aromatic nitrogens is 2. The molecule has 0 spiro atoms. The fourth-order valence-electron chi connectivity index (χ4n) is 2.40. The third kappa shape index (κ3) is 3.83. The second-order valence-corrected chi connectivity index (χ2v) is 7.28. The van der Waals surface area contributed by atoms with Gasteiger partial charge in [-0.25, -0.2) is 17.7 Å². The van der Waals surface area contributed by atoms with E-state index in [0.717, 1.165) is 18.5 Å². The van der Waals surface area contributed by atoms with Gasteiger partial charge < -0.3 is 0 Å². The zero-order chi connectivity index (χ0) is 14.8. The molecule has 20 heavy (non-hydrogen) atoms. The summed E-state index contributed by atoms with van der Waals surface area (Å²) in [7, 11) is -3.17. The van der Waals surface area contributed by atoms with Crippen molar-refractivity contribution in [2.24, 2.45) is 5.92 Å². The normalized spacial score (nSPS) is 20.8. The number of nitrogens with zero attached hydrogens (tertiary/aromatic N) is 3. The number of hydrogen-bond acceptors (Lipinski definition) is 5. The van der Waals surface area contributed by atoms with Gasteiger partial charge >= 0.3 is 0 Å². The third-order valence-electron chi connectivity index (χ3n) is 3.49. The molecular weight excluding hydrogens is 278 g/mol. The van der Waals surface area contributed by atoms with Gasteiger partial charge in [0.15, 0.2) is 5.78 Å². The van der Waals surface area contributed by atoms with E-state index in [9.17, 15) is 13.2 Å². The first-order valence-electron chi connectivity index (χ1n) is 6.63. The van der Waals surface area contributed by atoms with E-state index in [0.29, 0.717) is 25.2 Å². The minimum atomic E-state index is -3.17. The number of hydrogen-bond donors (Lipinski definition) is 0. The molecule has 0 aliphatic carbocycles. The van der Waals surface area contributed by atoms with Crippen LogP contribution >= 0.6 is 0 Å². The number of piperidine rings is 1. The number of carbonyl (C=O) groups is 1. The molecule has 0 aromatic carbocycles. The molecule has 1 saturated heterocycles. The van der Waals surface area contributed by atoms with E-state index in [1.54, 1.807) is 6.20 Å². The first kappa shape index (κ1) is 15.1. The highest BCUT2D eigenvalue weighted by molar-refractivity contribution is 7.88. The van der Waals surface area contributed by atoms with Crippen molar-refractivity contribution < 1.29 is 13.2 Å². The summed E-state index contributed by atoms with van der Waals surface area (Å²) in [5.74, 6) is -0.00747. The van der Waals surface area contributed by atoms with Gasteiger partial charge in [0.05, 0.1) is 18.1 Å². The Morgan fingerprint density at radius 1 is 1.40 bits per heavy atom. The Morgan fingerprint density at radius 2 is 2.15 bits per heavy atom. The maximum absolute atomic E-state index is 12.1. The first-order chi connectivity index (χ1) is 9.36. The maximum atomic E-state index is 12.1. The van der Waals surface area contributed by atoms with Crippen LogP contribution in [0.4, 0.5) is 0 Å². The lowest BCUT2D eigenvalue weighted by molar-refractivity contribution is 0.0937. The van der Waals surface area contributed by atoms with Crippen LogP contribution in [0.5, 0.6) is 0 Å². The summed E-state index contributed by atoms with van der Waals surface area (Å²) >= 11 is 0. The van der Waals surface area contributed by atoms with Crippen LogP contribution in [0.3, 0.4) is 0 Å². The molecule has 0 amide bonds. The Balaban J connectivity index is 1.99. The Labute approximate surface area is 119 Å². The van der Waals surface area contributed by atoms with E-state index in [1.165, 1.54) is 16.8 Å². The quantitative estimate of drug-likeness (QED) is 0.775. The number of aryl methyl sites for hydroxylation is 1. The molecular formula is C13H19N3O3S. The molecule has 6 nitrogen and oxygen atoms in total. The summed E-state index contributed by atoms with van der Waals surface area (Å²) in [5, 5.41) is 0. The molecule has 0 bridgehead atoms. The molecule has 1 aliphatic heterocycles. The van der Waals surface area contributed by atoms with E-state index >= 15 is 0 Å². The summed E-state index contributed by atoms with van der Waals surface area (Å²) < 4.78 is 24.5. The Hall–Kier alpha value is -1.34. The zero-order valence-electron chi connectivity index (χ0n) is 11.7. The van der Waals surface area contributed by atoms with Gasteiger partial charge in [-0.15, -0.1) is 0 Å². The van der Waals surface area contributed by atoms with E-state index < -0.39 is 10.0 Å². The molecule has 1 aliphatic rings. The molecule has 7 heteroatoms. The number of rotatable bonds is 4. The topological polar surface area (TPSA) is 80.2 Å². The average molecular weight is 297 g/mol. The van der Waals surface area contributed by atoms with Crippen molar-refractivity contribution in [1.29, 1.82) is 0 Å². The van der Waals surface area contributed by atoms with E-state index in [-0.39, 0.29) is 11.7 Å².